The molecule has 40 valence electrons. The van der Waals surface area contributed by atoms with Crippen LogP contribution in [0, 0.1) is 11.8 Å². The standard InChI is InChI=1S/C6H10O/c1-5-2-6(3-5)4-7/h4-6H,2-3H2,1H3/t5-,6+. The maximum atomic E-state index is 9.93. The Labute approximate surface area is 43.7 Å². The quantitative estimate of drug-likeness (QED) is 0.451. The molecule has 0 aromatic rings. The molecule has 1 nitrogen and oxygen atoms in total. The van der Waals surface area contributed by atoms with Crippen molar-refractivity contribution in [3.8, 4) is 0 Å². The zero-order valence-electron chi connectivity index (χ0n) is 4.55. The third-order valence-corrected chi connectivity index (χ3v) is 1.60. The second-order valence-corrected chi connectivity index (χ2v) is 2.47. The SMILES string of the molecule is C[C@H]1C[C@@H](C=O)C1. The molecular weight excluding hydrogens is 88.1 g/mol. The van der Waals surface area contributed by atoms with E-state index in [2.05, 4.69) is 6.92 Å². The molecule has 1 aliphatic carbocycles. The summed E-state index contributed by atoms with van der Waals surface area (Å²) in [5, 5.41) is 0. The summed E-state index contributed by atoms with van der Waals surface area (Å²) in [7, 11) is 0. The number of carbonyl (C=O) groups excluding carboxylic acids is 1. The van der Waals surface area contributed by atoms with Crippen molar-refractivity contribution in [1.82, 2.24) is 0 Å². The minimum atomic E-state index is 0.412. The van der Waals surface area contributed by atoms with Gasteiger partial charge in [0.05, 0.1) is 0 Å². The van der Waals surface area contributed by atoms with Gasteiger partial charge in [0.1, 0.15) is 6.29 Å². The van der Waals surface area contributed by atoms with E-state index in [0.717, 1.165) is 25.0 Å². The Balaban J connectivity index is 2.17. The van der Waals surface area contributed by atoms with Gasteiger partial charge in [-0.25, -0.2) is 0 Å². The first-order valence-corrected chi connectivity index (χ1v) is 2.78. The fourth-order valence-electron chi connectivity index (χ4n) is 1.08. The van der Waals surface area contributed by atoms with Gasteiger partial charge in [-0.2, -0.15) is 0 Å². The van der Waals surface area contributed by atoms with Crippen molar-refractivity contribution in [1.29, 1.82) is 0 Å². The molecule has 1 saturated carbocycles. The summed E-state index contributed by atoms with van der Waals surface area (Å²) in [5.41, 5.74) is 0. The molecule has 7 heavy (non-hydrogen) atoms. The summed E-state index contributed by atoms with van der Waals surface area (Å²) in [5.74, 6) is 1.23. The first-order chi connectivity index (χ1) is 3.33. The third kappa shape index (κ3) is 0.817. The zero-order chi connectivity index (χ0) is 5.28. The van der Waals surface area contributed by atoms with Gasteiger partial charge in [-0.05, 0) is 18.8 Å². The molecule has 0 aliphatic heterocycles. The molecule has 0 aromatic carbocycles. The van der Waals surface area contributed by atoms with Gasteiger partial charge >= 0.3 is 0 Å². The van der Waals surface area contributed by atoms with Gasteiger partial charge in [0, 0.05) is 5.92 Å². The van der Waals surface area contributed by atoms with Crippen molar-refractivity contribution in [3.05, 3.63) is 0 Å². The van der Waals surface area contributed by atoms with Crippen molar-refractivity contribution < 1.29 is 4.79 Å². The molecule has 0 saturated heterocycles. The average Bonchev–Trinajstić information content (AvgIpc) is 1.58. The molecule has 0 amide bonds. The van der Waals surface area contributed by atoms with Crippen LogP contribution >= 0.6 is 0 Å². The Morgan fingerprint density at radius 2 is 2.14 bits per heavy atom. The van der Waals surface area contributed by atoms with E-state index in [-0.39, 0.29) is 0 Å². The van der Waals surface area contributed by atoms with E-state index >= 15 is 0 Å². The molecule has 0 bridgehead atoms. The second-order valence-electron chi connectivity index (χ2n) is 2.47. The average molecular weight is 98.1 g/mol. The van der Waals surface area contributed by atoms with Crippen LogP contribution in [-0.4, -0.2) is 6.29 Å². The van der Waals surface area contributed by atoms with Crippen LogP contribution in [-0.2, 0) is 4.79 Å². The molecule has 1 fully saturated rings. The summed E-state index contributed by atoms with van der Waals surface area (Å²) in [6.45, 7) is 2.18. The van der Waals surface area contributed by atoms with E-state index in [1.54, 1.807) is 0 Å². The Kier molecular flexibility index (Phi) is 1.13. The van der Waals surface area contributed by atoms with Crippen molar-refractivity contribution in [3.63, 3.8) is 0 Å². The molecule has 0 spiro atoms. The molecule has 0 atom stereocenters. The fraction of sp³-hybridized carbons (Fsp3) is 0.833. The van der Waals surface area contributed by atoms with E-state index < -0.39 is 0 Å². The van der Waals surface area contributed by atoms with Crippen molar-refractivity contribution in [2.24, 2.45) is 11.8 Å². The van der Waals surface area contributed by atoms with Crippen LogP contribution in [0.15, 0.2) is 0 Å². The lowest BCUT2D eigenvalue weighted by molar-refractivity contribution is -0.114. The normalized spacial score (nSPS) is 39.6. The molecule has 0 aromatic heterocycles. The molecular formula is C6H10O. The summed E-state index contributed by atoms with van der Waals surface area (Å²) in [6.07, 6.45) is 3.33. The van der Waals surface area contributed by atoms with Gasteiger partial charge in [-0.3, -0.25) is 0 Å². The summed E-state index contributed by atoms with van der Waals surface area (Å²) < 4.78 is 0. The Hall–Kier alpha value is -0.330. The molecule has 1 aliphatic rings. The van der Waals surface area contributed by atoms with Crippen molar-refractivity contribution in [2.45, 2.75) is 19.8 Å². The smallest absolute Gasteiger partial charge is 0.123 e. The van der Waals surface area contributed by atoms with Crippen LogP contribution in [0.2, 0.25) is 0 Å². The lowest BCUT2D eigenvalue weighted by atomic mass is 9.77. The third-order valence-electron chi connectivity index (χ3n) is 1.60. The summed E-state index contributed by atoms with van der Waals surface area (Å²) >= 11 is 0. The highest BCUT2D eigenvalue weighted by atomic mass is 16.1. The molecule has 0 radical (unpaired) electrons. The topological polar surface area (TPSA) is 17.1 Å². The van der Waals surface area contributed by atoms with Crippen LogP contribution in [0.3, 0.4) is 0 Å². The lowest BCUT2D eigenvalue weighted by Crippen LogP contribution is -2.21. The minimum Gasteiger partial charge on any atom is -0.303 e. The maximum absolute atomic E-state index is 9.93. The molecule has 1 rings (SSSR count). The van der Waals surface area contributed by atoms with Gasteiger partial charge in [0.2, 0.25) is 0 Å². The summed E-state index contributed by atoms with van der Waals surface area (Å²) in [4.78, 5) is 9.93. The van der Waals surface area contributed by atoms with Crippen LogP contribution in [0.4, 0.5) is 0 Å². The number of aldehydes is 1. The second kappa shape index (κ2) is 1.65. The van der Waals surface area contributed by atoms with Gasteiger partial charge in [-0.15, -0.1) is 0 Å². The number of hydrogen-bond donors (Lipinski definition) is 0. The van der Waals surface area contributed by atoms with Gasteiger partial charge in [-0.1, -0.05) is 6.92 Å². The molecule has 0 unspecified atom stereocenters. The van der Waals surface area contributed by atoms with Crippen LogP contribution in [0.25, 0.3) is 0 Å². The van der Waals surface area contributed by atoms with Gasteiger partial charge in [0.25, 0.3) is 0 Å². The molecule has 0 N–H and O–H groups in total. The number of rotatable bonds is 1. The maximum Gasteiger partial charge on any atom is 0.123 e. The van der Waals surface area contributed by atoms with Crippen LogP contribution < -0.4 is 0 Å². The number of hydrogen-bond acceptors (Lipinski definition) is 1. The monoisotopic (exact) mass is 98.1 g/mol. The highest BCUT2D eigenvalue weighted by molar-refractivity contribution is 5.54. The van der Waals surface area contributed by atoms with E-state index in [9.17, 15) is 4.79 Å². The largest absolute Gasteiger partial charge is 0.303 e. The van der Waals surface area contributed by atoms with E-state index in [4.69, 9.17) is 0 Å². The zero-order valence-corrected chi connectivity index (χ0v) is 4.55. The Morgan fingerprint density at radius 1 is 1.57 bits per heavy atom. The van der Waals surface area contributed by atoms with Crippen molar-refractivity contribution >= 4 is 6.29 Å². The predicted molar refractivity (Wildman–Crippen MR) is 28.0 cm³/mol. The Morgan fingerprint density at radius 3 is 2.29 bits per heavy atom. The van der Waals surface area contributed by atoms with Gasteiger partial charge in [0.15, 0.2) is 0 Å². The van der Waals surface area contributed by atoms with Gasteiger partial charge < -0.3 is 4.79 Å². The van der Waals surface area contributed by atoms with Crippen molar-refractivity contribution in [2.75, 3.05) is 0 Å². The first kappa shape index (κ1) is 4.82. The number of carbonyl (C=O) groups is 1. The molecule has 1 heteroatoms. The Bertz CT molecular complexity index is 72.2. The summed E-state index contributed by atoms with van der Waals surface area (Å²) in [6, 6.07) is 0. The predicted octanol–water partition coefficient (Wildman–Crippen LogP) is 1.23. The highest BCUT2D eigenvalue weighted by Crippen LogP contribution is 2.30. The first-order valence-electron chi connectivity index (χ1n) is 2.78. The minimum absolute atomic E-state index is 0.412. The van der Waals surface area contributed by atoms with E-state index in [1.807, 2.05) is 0 Å². The fourth-order valence-corrected chi connectivity index (χ4v) is 1.08. The highest BCUT2D eigenvalue weighted by Gasteiger charge is 2.23. The van der Waals surface area contributed by atoms with Crippen LogP contribution in [0.1, 0.15) is 19.8 Å². The lowest BCUT2D eigenvalue weighted by Gasteiger charge is -2.27. The van der Waals surface area contributed by atoms with E-state index in [1.165, 1.54) is 0 Å². The molecule has 0 heterocycles. The van der Waals surface area contributed by atoms with E-state index in [0.29, 0.717) is 5.92 Å². The van der Waals surface area contributed by atoms with Crippen LogP contribution in [0.5, 0.6) is 0 Å².